The van der Waals surface area contributed by atoms with Crippen LogP contribution in [0, 0.1) is 5.92 Å². The first-order valence-electron chi connectivity index (χ1n) is 3.40. The molecule has 2 heteroatoms. The fourth-order valence-corrected chi connectivity index (χ4v) is 1.37. The highest BCUT2D eigenvalue weighted by Crippen LogP contribution is 2.26. The molecule has 0 radical (unpaired) electrons. The van der Waals surface area contributed by atoms with Crippen LogP contribution in [-0.2, 0) is 4.79 Å². The number of hydrogen-bond acceptors (Lipinski definition) is 2. The number of isocyanates is 1. The van der Waals surface area contributed by atoms with Gasteiger partial charge in [-0.1, -0.05) is 6.92 Å². The summed E-state index contributed by atoms with van der Waals surface area (Å²) < 4.78 is 0. The lowest BCUT2D eigenvalue weighted by Gasteiger charge is -1.96. The van der Waals surface area contributed by atoms with Crippen LogP contribution in [0.25, 0.3) is 0 Å². The van der Waals surface area contributed by atoms with Crippen molar-refractivity contribution in [3.63, 3.8) is 0 Å². The molecular weight excluding hydrogens is 114 g/mol. The van der Waals surface area contributed by atoms with Gasteiger partial charge < -0.3 is 0 Å². The first kappa shape index (κ1) is 6.50. The maximum absolute atomic E-state index is 9.78. The molecule has 2 atom stereocenters. The summed E-state index contributed by atoms with van der Waals surface area (Å²) in [6, 6.07) is 0.289. The van der Waals surface area contributed by atoms with Gasteiger partial charge in [-0.15, -0.1) is 0 Å². The molecule has 0 N–H and O–H groups in total. The SMILES string of the molecule is CC1CCC(N=C=O)C1. The zero-order valence-electron chi connectivity index (χ0n) is 5.63. The van der Waals surface area contributed by atoms with Crippen molar-refractivity contribution < 1.29 is 4.79 Å². The number of rotatable bonds is 1. The zero-order valence-corrected chi connectivity index (χ0v) is 5.63. The van der Waals surface area contributed by atoms with E-state index in [4.69, 9.17) is 0 Å². The van der Waals surface area contributed by atoms with E-state index in [-0.39, 0.29) is 6.04 Å². The van der Waals surface area contributed by atoms with Crippen LogP contribution in [0.4, 0.5) is 0 Å². The molecule has 1 aliphatic carbocycles. The van der Waals surface area contributed by atoms with Gasteiger partial charge in [0.25, 0.3) is 0 Å². The first-order valence-corrected chi connectivity index (χ1v) is 3.40. The maximum atomic E-state index is 9.78. The number of aliphatic imine (C=N–C) groups is 1. The minimum absolute atomic E-state index is 0.289. The van der Waals surface area contributed by atoms with Crippen molar-refractivity contribution in [3.8, 4) is 0 Å². The lowest BCUT2D eigenvalue weighted by molar-refractivity contribution is 0.552. The van der Waals surface area contributed by atoms with Crippen LogP contribution in [0.2, 0.25) is 0 Å². The number of nitrogens with zero attached hydrogens (tertiary/aromatic N) is 1. The molecule has 50 valence electrons. The van der Waals surface area contributed by atoms with E-state index in [1.54, 1.807) is 6.08 Å². The van der Waals surface area contributed by atoms with Crippen molar-refractivity contribution in [2.24, 2.45) is 10.9 Å². The molecule has 1 rings (SSSR count). The largest absolute Gasteiger partial charge is 0.235 e. The van der Waals surface area contributed by atoms with E-state index in [2.05, 4.69) is 11.9 Å². The standard InChI is InChI=1S/C7H11NO/c1-6-2-3-7(4-6)8-5-9/h6-7H,2-4H2,1H3. The van der Waals surface area contributed by atoms with Gasteiger partial charge in [-0.3, -0.25) is 0 Å². The second-order valence-corrected chi connectivity index (χ2v) is 2.79. The Bertz CT molecular complexity index is 138. The quantitative estimate of drug-likeness (QED) is 0.386. The lowest BCUT2D eigenvalue weighted by atomic mass is 10.1. The molecule has 2 nitrogen and oxygen atoms in total. The fourth-order valence-electron chi connectivity index (χ4n) is 1.37. The van der Waals surface area contributed by atoms with Crippen LogP contribution in [0.15, 0.2) is 4.99 Å². The van der Waals surface area contributed by atoms with Gasteiger partial charge in [-0.25, -0.2) is 9.79 Å². The van der Waals surface area contributed by atoms with Crippen molar-refractivity contribution in [2.75, 3.05) is 0 Å². The molecular formula is C7H11NO. The molecule has 1 aliphatic rings. The van der Waals surface area contributed by atoms with E-state index in [1.165, 1.54) is 6.42 Å². The van der Waals surface area contributed by atoms with Crippen LogP contribution < -0.4 is 0 Å². The molecule has 1 saturated carbocycles. The van der Waals surface area contributed by atoms with Gasteiger partial charge in [0, 0.05) is 0 Å². The fraction of sp³-hybridized carbons (Fsp3) is 0.857. The van der Waals surface area contributed by atoms with Crippen molar-refractivity contribution in [1.29, 1.82) is 0 Å². The summed E-state index contributed by atoms with van der Waals surface area (Å²) in [6.45, 7) is 2.19. The Hall–Kier alpha value is -0.620. The highest BCUT2D eigenvalue weighted by molar-refractivity contribution is 5.33. The van der Waals surface area contributed by atoms with E-state index in [0.717, 1.165) is 18.8 Å². The minimum Gasteiger partial charge on any atom is -0.211 e. The predicted molar refractivity (Wildman–Crippen MR) is 34.9 cm³/mol. The Morgan fingerprint density at radius 3 is 2.78 bits per heavy atom. The summed E-state index contributed by atoms with van der Waals surface area (Å²) in [7, 11) is 0. The first-order chi connectivity index (χ1) is 4.33. The highest BCUT2D eigenvalue weighted by atomic mass is 16.1. The van der Waals surface area contributed by atoms with Crippen LogP contribution in [0.5, 0.6) is 0 Å². The summed E-state index contributed by atoms with van der Waals surface area (Å²) in [4.78, 5) is 13.4. The Morgan fingerprint density at radius 1 is 1.56 bits per heavy atom. The van der Waals surface area contributed by atoms with Gasteiger partial charge in [-0.2, -0.15) is 0 Å². The van der Waals surface area contributed by atoms with E-state index in [9.17, 15) is 4.79 Å². The average molecular weight is 125 g/mol. The molecule has 1 fully saturated rings. The minimum atomic E-state index is 0.289. The normalized spacial score (nSPS) is 33.9. The molecule has 0 amide bonds. The molecule has 0 bridgehead atoms. The number of hydrogen-bond donors (Lipinski definition) is 0. The molecule has 2 unspecified atom stereocenters. The third-order valence-corrected chi connectivity index (χ3v) is 1.90. The molecule has 0 aromatic rings. The molecule has 0 saturated heterocycles. The van der Waals surface area contributed by atoms with Crippen molar-refractivity contribution in [2.45, 2.75) is 32.2 Å². The van der Waals surface area contributed by atoms with Crippen LogP contribution in [-0.4, -0.2) is 12.1 Å². The summed E-state index contributed by atoms with van der Waals surface area (Å²) in [5.74, 6) is 0.757. The van der Waals surface area contributed by atoms with E-state index >= 15 is 0 Å². The topological polar surface area (TPSA) is 29.4 Å². The zero-order chi connectivity index (χ0) is 6.69. The molecule has 9 heavy (non-hydrogen) atoms. The van der Waals surface area contributed by atoms with Gasteiger partial charge in [0.15, 0.2) is 0 Å². The third-order valence-electron chi connectivity index (χ3n) is 1.90. The van der Waals surface area contributed by atoms with Crippen molar-refractivity contribution in [3.05, 3.63) is 0 Å². The highest BCUT2D eigenvalue weighted by Gasteiger charge is 2.19. The Morgan fingerprint density at radius 2 is 2.33 bits per heavy atom. The second kappa shape index (κ2) is 2.79. The summed E-state index contributed by atoms with van der Waals surface area (Å²) in [6.07, 6.45) is 4.98. The van der Waals surface area contributed by atoms with Crippen LogP contribution in [0.3, 0.4) is 0 Å². The van der Waals surface area contributed by atoms with Crippen molar-refractivity contribution in [1.82, 2.24) is 0 Å². The van der Waals surface area contributed by atoms with Gasteiger partial charge >= 0.3 is 0 Å². The molecule has 0 spiro atoms. The average Bonchev–Trinajstić information content (AvgIpc) is 2.17. The predicted octanol–water partition coefficient (Wildman–Crippen LogP) is 1.51. The van der Waals surface area contributed by atoms with Crippen LogP contribution >= 0.6 is 0 Å². The van der Waals surface area contributed by atoms with Gasteiger partial charge in [-0.05, 0) is 25.2 Å². The van der Waals surface area contributed by atoms with E-state index in [0.29, 0.717) is 0 Å². The molecule has 0 aromatic heterocycles. The third kappa shape index (κ3) is 1.65. The Labute approximate surface area is 55.0 Å². The maximum Gasteiger partial charge on any atom is 0.235 e. The van der Waals surface area contributed by atoms with E-state index < -0.39 is 0 Å². The monoisotopic (exact) mass is 125 g/mol. The van der Waals surface area contributed by atoms with Gasteiger partial charge in [0.2, 0.25) is 6.08 Å². The summed E-state index contributed by atoms with van der Waals surface area (Å²) in [5.41, 5.74) is 0. The molecule has 0 aliphatic heterocycles. The smallest absolute Gasteiger partial charge is 0.211 e. The molecule has 0 aromatic carbocycles. The summed E-state index contributed by atoms with van der Waals surface area (Å²) >= 11 is 0. The Balaban J connectivity index is 2.38. The van der Waals surface area contributed by atoms with E-state index in [1.807, 2.05) is 0 Å². The lowest BCUT2D eigenvalue weighted by Crippen LogP contribution is -1.95. The van der Waals surface area contributed by atoms with Crippen molar-refractivity contribution >= 4 is 6.08 Å². The molecule has 0 heterocycles. The Kier molecular flexibility index (Phi) is 2.01. The summed E-state index contributed by atoms with van der Waals surface area (Å²) in [5, 5.41) is 0. The number of carbonyl (C=O) groups excluding carboxylic acids is 1. The van der Waals surface area contributed by atoms with Crippen LogP contribution in [0.1, 0.15) is 26.2 Å². The second-order valence-electron chi connectivity index (χ2n) is 2.79. The van der Waals surface area contributed by atoms with Gasteiger partial charge in [0.1, 0.15) is 0 Å². The van der Waals surface area contributed by atoms with Gasteiger partial charge in [0.05, 0.1) is 6.04 Å².